The van der Waals surface area contributed by atoms with Gasteiger partial charge in [0, 0.05) is 18.0 Å². The maximum absolute atomic E-state index is 5.88. The van der Waals surface area contributed by atoms with Crippen LogP contribution >= 0.6 is 0 Å². The van der Waals surface area contributed by atoms with Crippen LogP contribution in [0.1, 0.15) is 42.6 Å². The lowest BCUT2D eigenvalue weighted by atomic mass is 10.1. The van der Waals surface area contributed by atoms with Crippen LogP contribution in [0.15, 0.2) is 27.7 Å². The summed E-state index contributed by atoms with van der Waals surface area (Å²) in [6, 6.07) is 6.08. The topological polar surface area (TPSA) is 89.3 Å². The first-order valence-electron chi connectivity index (χ1n) is 7.42. The molecule has 3 N–H and O–H groups in total. The average molecular weight is 301 g/mol. The highest BCUT2D eigenvalue weighted by atomic mass is 16.5. The van der Waals surface area contributed by atoms with Gasteiger partial charge < -0.3 is 15.6 Å². The monoisotopic (exact) mass is 301 g/mol. The van der Waals surface area contributed by atoms with Crippen LogP contribution in [-0.4, -0.2) is 22.6 Å². The highest BCUT2D eigenvalue weighted by Crippen LogP contribution is 2.14. The third-order valence-corrected chi connectivity index (χ3v) is 3.39. The summed E-state index contributed by atoms with van der Waals surface area (Å²) in [4.78, 5) is 8.58. The van der Waals surface area contributed by atoms with Crippen LogP contribution in [0.4, 0.5) is 5.69 Å². The number of rotatable bonds is 5. The van der Waals surface area contributed by atoms with Gasteiger partial charge >= 0.3 is 0 Å². The molecule has 0 bridgehead atoms. The molecule has 0 radical (unpaired) electrons. The Balaban J connectivity index is 1.87. The van der Waals surface area contributed by atoms with Gasteiger partial charge in [0.05, 0.1) is 6.54 Å². The minimum Gasteiger partial charge on any atom is -0.370 e. The van der Waals surface area contributed by atoms with Crippen LogP contribution in [0.5, 0.6) is 0 Å². The highest BCUT2D eigenvalue weighted by Gasteiger charge is 2.08. The van der Waals surface area contributed by atoms with Gasteiger partial charge in [0.2, 0.25) is 5.89 Å². The van der Waals surface area contributed by atoms with Crippen molar-refractivity contribution in [3.05, 3.63) is 41.0 Å². The van der Waals surface area contributed by atoms with E-state index in [0.29, 0.717) is 24.8 Å². The van der Waals surface area contributed by atoms with Crippen LogP contribution in [-0.2, 0) is 6.42 Å². The molecular formula is C16H23N5O. The summed E-state index contributed by atoms with van der Waals surface area (Å²) in [7, 11) is 0. The third kappa shape index (κ3) is 4.31. The number of aromatic nitrogens is 2. The lowest BCUT2D eigenvalue weighted by molar-refractivity contribution is 0.372. The number of guanidine groups is 1. The second-order valence-corrected chi connectivity index (χ2v) is 5.64. The fourth-order valence-electron chi connectivity index (χ4n) is 1.88. The van der Waals surface area contributed by atoms with E-state index in [4.69, 9.17) is 10.3 Å². The zero-order chi connectivity index (χ0) is 16.1. The van der Waals surface area contributed by atoms with E-state index in [1.54, 1.807) is 0 Å². The van der Waals surface area contributed by atoms with E-state index >= 15 is 0 Å². The quantitative estimate of drug-likeness (QED) is 0.654. The Kier molecular flexibility index (Phi) is 5.14. The number of nitrogens with zero attached hydrogens (tertiary/aromatic N) is 3. The van der Waals surface area contributed by atoms with E-state index in [2.05, 4.69) is 40.4 Å². The summed E-state index contributed by atoms with van der Waals surface area (Å²) in [5, 5.41) is 7.00. The van der Waals surface area contributed by atoms with Crippen molar-refractivity contribution in [3.63, 3.8) is 0 Å². The lowest BCUT2D eigenvalue weighted by Crippen LogP contribution is -2.23. The van der Waals surface area contributed by atoms with Crippen molar-refractivity contribution < 1.29 is 4.52 Å². The minimum atomic E-state index is 0.262. The molecule has 0 spiro atoms. The predicted molar refractivity (Wildman–Crippen MR) is 88.1 cm³/mol. The number of aliphatic imine (C=N–C) groups is 1. The van der Waals surface area contributed by atoms with Gasteiger partial charge in [-0.1, -0.05) is 25.1 Å². The fraction of sp³-hybridized carbons (Fsp3) is 0.438. The largest absolute Gasteiger partial charge is 0.370 e. The van der Waals surface area contributed by atoms with Gasteiger partial charge in [0.25, 0.3) is 0 Å². The molecule has 1 heterocycles. The van der Waals surface area contributed by atoms with Gasteiger partial charge in [-0.3, -0.25) is 4.99 Å². The van der Waals surface area contributed by atoms with Crippen LogP contribution in [0.3, 0.4) is 0 Å². The van der Waals surface area contributed by atoms with Gasteiger partial charge in [0.15, 0.2) is 11.8 Å². The SMILES string of the molecule is Cc1ccc(NC(N)=NCCc2nc(C(C)C)no2)cc1C. The lowest BCUT2D eigenvalue weighted by Gasteiger charge is -2.07. The first kappa shape index (κ1) is 16.0. The van der Waals surface area contributed by atoms with Crippen molar-refractivity contribution >= 4 is 11.6 Å². The molecular weight excluding hydrogens is 278 g/mol. The van der Waals surface area contributed by atoms with E-state index < -0.39 is 0 Å². The van der Waals surface area contributed by atoms with Gasteiger partial charge in [-0.2, -0.15) is 4.98 Å². The Morgan fingerprint density at radius 2 is 2.09 bits per heavy atom. The molecule has 1 aromatic carbocycles. The maximum Gasteiger partial charge on any atom is 0.228 e. The van der Waals surface area contributed by atoms with Crippen LogP contribution < -0.4 is 11.1 Å². The first-order chi connectivity index (χ1) is 10.5. The molecule has 0 aliphatic heterocycles. The van der Waals surface area contributed by atoms with Crippen LogP contribution in [0, 0.1) is 13.8 Å². The Labute approximate surface area is 130 Å². The van der Waals surface area contributed by atoms with Crippen molar-refractivity contribution in [1.82, 2.24) is 10.1 Å². The van der Waals surface area contributed by atoms with Gasteiger partial charge in [-0.15, -0.1) is 0 Å². The van der Waals surface area contributed by atoms with E-state index in [0.717, 1.165) is 11.5 Å². The Bertz CT molecular complexity index is 660. The highest BCUT2D eigenvalue weighted by molar-refractivity contribution is 5.92. The number of hydrogen-bond acceptors (Lipinski definition) is 4. The second kappa shape index (κ2) is 7.06. The molecule has 1 aromatic heterocycles. The molecule has 6 heteroatoms. The zero-order valence-electron chi connectivity index (χ0n) is 13.6. The van der Waals surface area contributed by atoms with E-state index in [-0.39, 0.29) is 5.92 Å². The van der Waals surface area contributed by atoms with E-state index in [1.165, 1.54) is 11.1 Å². The smallest absolute Gasteiger partial charge is 0.228 e. The minimum absolute atomic E-state index is 0.262. The Morgan fingerprint density at radius 3 is 2.73 bits per heavy atom. The standard InChI is InChI=1S/C16H23N5O/c1-10(2)15-20-14(22-21-15)7-8-18-16(17)19-13-6-5-11(3)12(4)9-13/h5-6,9-10H,7-8H2,1-4H3,(H3,17,18,19). The zero-order valence-corrected chi connectivity index (χ0v) is 13.6. The number of aryl methyl sites for hydroxylation is 2. The summed E-state index contributed by atoms with van der Waals surface area (Å²) in [5.74, 6) is 1.95. The van der Waals surface area contributed by atoms with Crippen LogP contribution in [0.25, 0.3) is 0 Å². The van der Waals surface area contributed by atoms with Crippen molar-refractivity contribution in [1.29, 1.82) is 0 Å². The number of hydrogen-bond donors (Lipinski definition) is 2. The van der Waals surface area contributed by atoms with E-state index in [9.17, 15) is 0 Å². The summed E-state index contributed by atoms with van der Waals surface area (Å²) >= 11 is 0. The van der Waals surface area contributed by atoms with Gasteiger partial charge in [0.1, 0.15) is 0 Å². The van der Waals surface area contributed by atoms with Crippen molar-refractivity contribution in [2.45, 2.75) is 40.0 Å². The maximum atomic E-state index is 5.88. The molecule has 0 amide bonds. The van der Waals surface area contributed by atoms with Crippen molar-refractivity contribution in [2.24, 2.45) is 10.7 Å². The van der Waals surface area contributed by atoms with Crippen LogP contribution in [0.2, 0.25) is 0 Å². The molecule has 0 aliphatic carbocycles. The Hall–Kier alpha value is -2.37. The average Bonchev–Trinajstić information content (AvgIpc) is 2.92. The number of nitrogens with one attached hydrogen (secondary N) is 1. The molecule has 6 nitrogen and oxygen atoms in total. The van der Waals surface area contributed by atoms with Crippen molar-refractivity contribution in [2.75, 3.05) is 11.9 Å². The summed E-state index contributed by atoms with van der Waals surface area (Å²) < 4.78 is 5.16. The molecule has 0 aliphatic rings. The first-order valence-corrected chi connectivity index (χ1v) is 7.42. The van der Waals surface area contributed by atoms with Crippen molar-refractivity contribution in [3.8, 4) is 0 Å². The predicted octanol–water partition coefficient (Wildman–Crippen LogP) is 2.78. The molecule has 22 heavy (non-hydrogen) atoms. The van der Waals surface area contributed by atoms with Gasteiger partial charge in [-0.05, 0) is 37.1 Å². The molecule has 118 valence electrons. The summed E-state index contributed by atoms with van der Waals surface area (Å²) in [6.45, 7) is 8.70. The molecule has 2 rings (SSSR count). The fourth-order valence-corrected chi connectivity index (χ4v) is 1.88. The normalized spacial score (nSPS) is 12.0. The molecule has 0 fully saturated rings. The number of nitrogens with two attached hydrogens (primary N) is 1. The Morgan fingerprint density at radius 1 is 1.32 bits per heavy atom. The molecule has 0 saturated carbocycles. The van der Waals surface area contributed by atoms with Gasteiger partial charge in [-0.25, -0.2) is 0 Å². The molecule has 2 aromatic rings. The summed E-state index contributed by atoms with van der Waals surface area (Å²) in [5.41, 5.74) is 9.28. The number of anilines is 1. The second-order valence-electron chi connectivity index (χ2n) is 5.64. The number of benzene rings is 1. The molecule has 0 unspecified atom stereocenters. The molecule has 0 saturated heterocycles. The summed E-state index contributed by atoms with van der Waals surface area (Å²) in [6.07, 6.45) is 0.578. The third-order valence-electron chi connectivity index (χ3n) is 3.39. The van der Waals surface area contributed by atoms with E-state index in [1.807, 2.05) is 26.0 Å². The molecule has 0 atom stereocenters.